The van der Waals surface area contributed by atoms with E-state index in [1.807, 2.05) is 31.2 Å². The summed E-state index contributed by atoms with van der Waals surface area (Å²) in [5.74, 6) is -0.724. The molecule has 0 amide bonds. The van der Waals surface area contributed by atoms with Gasteiger partial charge in [0.05, 0.1) is 7.11 Å². The summed E-state index contributed by atoms with van der Waals surface area (Å²) in [6.45, 7) is 1.45. The second kappa shape index (κ2) is 11.4. The van der Waals surface area contributed by atoms with Gasteiger partial charge in [-0.05, 0) is 42.8 Å². The van der Waals surface area contributed by atoms with E-state index >= 15 is 0 Å². The third-order valence-electron chi connectivity index (χ3n) is 5.03. The number of ether oxygens (including phenoxy) is 2. The SMILES string of the molecule is COc1cccc(C(=O)COC(=O)[C@H](CC(=O)c2ccccc2)Nc2ccc(Br)cc2C)c1. The summed E-state index contributed by atoms with van der Waals surface area (Å²) in [6, 6.07) is 19.9. The molecule has 0 fully saturated rings. The largest absolute Gasteiger partial charge is 0.497 e. The third-order valence-corrected chi connectivity index (χ3v) is 5.52. The molecule has 1 N–H and O–H groups in total. The van der Waals surface area contributed by atoms with Gasteiger partial charge in [0.25, 0.3) is 0 Å². The van der Waals surface area contributed by atoms with E-state index in [1.165, 1.54) is 7.11 Å². The molecule has 0 unspecified atom stereocenters. The van der Waals surface area contributed by atoms with Gasteiger partial charge in [-0.15, -0.1) is 0 Å². The number of anilines is 1. The van der Waals surface area contributed by atoms with Crippen LogP contribution in [0.3, 0.4) is 0 Å². The van der Waals surface area contributed by atoms with Crippen LogP contribution >= 0.6 is 15.9 Å². The second-order valence-electron chi connectivity index (χ2n) is 7.41. The molecule has 0 spiro atoms. The van der Waals surface area contributed by atoms with Crippen LogP contribution in [0.15, 0.2) is 77.3 Å². The Morgan fingerprint density at radius 1 is 0.909 bits per heavy atom. The van der Waals surface area contributed by atoms with Crippen LogP contribution in [0.1, 0.15) is 32.7 Å². The first-order chi connectivity index (χ1) is 15.9. The Balaban J connectivity index is 1.74. The first kappa shape index (κ1) is 24.2. The van der Waals surface area contributed by atoms with Crippen molar-refractivity contribution in [2.75, 3.05) is 19.0 Å². The zero-order valence-corrected chi connectivity index (χ0v) is 19.9. The van der Waals surface area contributed by atoms with Gasteiger partial charge in [0.2, 0.25) is 0 Å². The molecule has 7 heteroatoms. The first-order valence-electron chi connectivity index (χ1n) is 10.3. The average Bonchev–Trinajstić information content (AvgIpc) is 2.83. The van der Waals surface area contributed by atoms with Gasteiger partial charge in [0.1, 0.15) is 11.8 Å². The van der Waals surface area contributed by atoms with E-state index in [4.69, 9.17) is 9.47 Å². The number of aryl methyl sites for hydroxylation is 1. The Morgan fingerprint density at radius 3 is 2.33 bits per heavy atom. The minimum Gasteiger partial charge on any atom is -0.497 e. The van der Waals surface area contributed by atoms with Crippen LogP contribution in [0.2, 0.25) is 0 Å². The minimum absolute atomic E-state index is 0.119. The predicted molar refractivity (Wildman–Crippen MR) is 130 cm³/mol. The number of benzene rings is 3. The van der Waals surface area contributed by atoms with Crippen LogP contribution in [-0.4, -0.2) is 37.3 Å². The summed E-state index contributed by atoms with van der Waals surface area (Å²) in [5, 5.41) is 3.11. The molecule has 0 heterocycles. The molecule has 0 radical (unpaired) electrons. The summed E-state index contributed by atoms with van der Waals surface area (Å²) in [6.07, 6.45) is -0.119. The van der Waals surface area contributed by atoms with Gasteiger partial charge < -0.3 is 14.8 Å². The molecular weight excluding hydrogens is 486 g/mol. The van der Waals surface area contributed by atoms with Crippen molar-refractivity contribution >= 4 is 39.2 Å². The summed E-state index contributed by atoms with van der Waals surface area (Å²) in [5.41, 5.74) is 2.45. The molecule has 3 aromatic rings. The van der Waals surface area contributed by atoms with Gasteiger partial charge in [-0.3, -0.25) is 9.59 Å². The average molecular weight is 510 g/mol. The molecule has 3 rings (SSSR count). The van der Waals surface area contributed by atoms with E-state index in [9.17, 15) is 14.4 Å². The Hall–Kier alpha value is -3.45. The molecule has 6 nitrogen and oxygen atoms in total. The highest BCUT2D eigenvalue weighted by Gasteiger charge is 2.25. The Morgan fingerprint density at radius 2 is 1.64 bits per heavy atom. The van der Waals surface area contributed by atoms with Crippen molar-refractivity contribution < 1.29 is 23.9 Å². The van der Waals surface area contributed by atoms with Gasteiger partial charge in [-0.2, -0.15) is 0 Å². The van der Waals surface area contributed by atoms with Crippen molar-refractivity contribution in [3.8, 4) is 5.75 Å². The fourth-order valence-electron chi connectivity index (χ4n) is 3.21. The molecular formula is C26H24BrNO5. The van der Waals surface area contributed by atoms with Crippen LogP contribution in [-0.2, 0) is 9.53 Å². The molecule has 33 heavy (non-hydrogen) atoms. The highest BCUT2D eigenvalue weighted by molar-refractivity contribution is 9.10. The topological polar surface area (TPSA) is 81.7 Å². The van der Waals surface area contributed by atoms with Crippen molar-refractivity contribution in [1.82, 2.24) is 0 Å². The van der Waals surface area contributed by atoms with Crippen molar-refractivity contribution in [2.24, 2.45) is 0 Å². The smallest absolute Gasteiger partial charge is 0.329 e. The van der Waals surface area contributed by atoms with Gasteiger partial charge in [-0.1, -0.05) is 58.4 Å². The Kier molecular flexibility index (Phi) is 8.38. The number of methoxy groups -OCH3 is 1. The lowest BCUT2D eigenvalue weighted by atomic mass is 10.0. The van der Waals surface area contributed by atoms with Crippen molar-refractivity contribution in [2.45, 2.75) is 19.4 Å². The molecule has 0 aliphatic heterocycles. The molecule has 0 aliphatic rings. The van der Waals surface area contributed by atoms with E-state index in [0.717, 1.165) is 10.0 Å². The number of Topliss-reactive ketones (excluding diaryl/α,β-unsaturated/α-hetero) is 2. The number of nitrogens with one attached hydrogen (secondary N) is 1. The van der Waals surface area contributed by atoms with E-state index < -0.39 is 18.6 Å². The quantitative estimate of drug-likeness (QED) is 0.297. The summed E-state index contributed by atoms with van der Waals surface area (Å²) in [4.78, 5) is 38.2. The van der Waals surface area contributed by atoms with Crippen LogP contribution in [0.4, 0.5) is 5.69 Å². The predicted octanol–water partition coefficient (Wildman–Crippen LogP) is 5.25. The lowest BCUT2D eigenvalue weighted by Crippen LogP contribution is -2.35. The number of hydrogen-bond acceptors (Lipinski definition) is 6. The van der Waals surface area contributed by atoms with Crippen LogP contribution in [0.25, 0.3) is 0 Å². The lowest BCUT2D eigenvalue weighted by Gasteiger charge is -2.20. The molecule has 0 saturated heterocycles. The number of carbonyl (C=O) groups excluding carboxylic acids is 3. The number of hydrogen-bond donors (Lipinski definition) is 1. The molecule has 0 bridgehead atoms. The normalized spacial score (nSPS) is 11.4. The minimum atomic E-state index is -0.962. The molecule has 0 aliphatic carbocycles. The second-order valence-corrected chi connectivity index (χ2v) is 8.33. The van der Waals surface area contributed by atoms with Gasteiger partial charge in [-0.25, -0.2) is 4.79 Å². The summed E-state index contributed by atoms with van der Waals surface area (Å²) < 4.78 is 11.3. The third kappa shape index (κ3) is 6.76. The van der Waals surface area contributed by atoms with Crippen molar-refractivity contribution in [3.05, 3.63) is 94.0 Å². The van der Waals surface area contributed by atoms with Gasteiger partial charge >= 0.3 is 5.97 Å². The molecule has 0 saturated carbocycles. The first-order valence-corrected chi connectivity index (χ1v) is 11.1. The van der Waals surface area contributed by atoms with Crippen molar-refractivity contribution in [1.29, 1.82) is 0 Å². The van der Waals surface area contributed by atoms with Gasteiger partial charge in [0, 0.05) is 27.7 Å². The highest BCUT2D eigenvalue weighted by Crippen LogP contribution is 2.22. The standard InChI is InChI=1S/C26H24BrNO5/c1-17-13-20(27)11-12-22(17)28-23(15-24(29)18-7-4-3-5-8-18)26(31)33-16-25(30)19-9-6-10-21(14-19)32-2/h3-14,23,28H,15-16H2,1-2H3/t23-/m0/s1. The van der Waals surface area contributed by atoms with Crippen LogP contribution < -0.4 is 10.1 Å². The zero-order valence-electron chi connectivity index (χ0n) is 18.3. The van der Waals surface area contributed by atoms with Gasteiger partial charge in [0.15, 0.2) is 18.2 Å². The Labute approximate surface area is 201 Å². The zero-order chi connectivity index (χ0) is 23.8. The highest BCUT2D eigenvalue weighted by atomic mass is 79.9. The summed E-state index contributed by atoms with van der Waals surface area (Å²) in [7, 11) is 1.51. The fourth-order valence-corrected chi connectivity index (χ4v) is 3.69. The Bertz CT molecular complexity index is 1150. The van der Waals surface area contributed by atoms with E-state index in [2.05, 4.69) is 21.2 Å². The van der Waals surface area contributed by atoms with Crippen LogP contribution in [0, 0.1) is 6.92 Å². The lowest BCUT2D eigenvalue weighted by molar-refractivity contribution is -0.143. The molecule has 0 aromatic heterocycles. The summed E-state index contributed by atoms with van der Waals surface area (Å²) >= 11 is 3.42. The van der Waals surface area contributed by atoms with Crippen LogP contribution in [0.5, 0.6) is 5.75 Å². The fraction of sp³-hybridized carbons (Fsp3) is 0.192. The van der Waals surface area contributed by atoms with Crippen molar-refractivity contribution in [3.63, 3.8) is 0 Å². The molecule has 170 valence electrons. The number of ketones is 2. The number of rotatable bonds is 10. The number of esters is 1. The number of carbonyl (C=O) groups is 3. The maximum atomic E-state index is 12.9. The number of halogens is 1. The monoisotopic (exact) mass is 509 g/mol. The molecule has 1 atom stereocenters. The maximum Gasteiger partial charge on any atom is 0.329 e. The maximum absolute atomic E-state index is 12.9. The molecule has 3 aromatic carbocycles. The van der Waals surface area contributed by atoms with E-state index in [1.54, 1.807) is 48.5 Å². The van der Waals surface area contributed by atoms with E-state index in [0.29, 0.717) is 22.6 Å². The van der Waals surface area contributed by atoms with E-state index in [-0.39, 0.29) is 18.0 Å².